The minimum Gasteiger partial charge on any atom is -0.507 e. The highest BCUT2D eigenvalue weighted by atomic mass is 79.9. The molecule has 7 heteroatoms. The number of Topliss-reactive ketones (excluding diaryl/α,β-unsaturated/α-hetero) is 1. The number of halogens is 2. The van der Waals surface area contributed by atoms with E-state index in [0.29, 0.717) is 23.7 Å². The molecule has 1 amide bonds. The Kier molecular flexibility index (Phi) is 5.76. The van der Waals surface area contributed by atoms with E-state index in [0.717, 1.165) is 22.9 Å². The third-order valence-corrected chi connectivity index (χ3v) is 6.05. The molecule has 0 aromatic heterocycles. The third kappa shape index (κ3) is 3.97. The topological polar surface area (TPSA) is 66.8 Å². The first kappa shape index (κ1) is 20.1. The summed E-state index contributed by atoms with van der Waals surface area (Å²) in [5.74, 6) is -1.52. The molecule has 4 rings (SSSR count). The molecule has 150 valence electrons. The number of ketones is 1. The van der Waals surface area contributed by atoms with Crippen molar-refractivity contribution >= 4 is 45.0 Å². The van der Waals surface area contributed by atoms with Crippen LogP contribution in [0.15, 0.2) is 58.6 Å². The number of amides is 1. The average Bonchev–Trinajstić information content (AvgIpc) is 3.31. The van der Waals surface area contributed by atoms with Gasteiger partial charge in [-0.2, -0.15) is 0 Å². The number of ether oxygens (including phenoxy) is 1. The zero-order valence-corrected chi connectivity index (χ0v) is 17.8. The van der Waals surface area contributed by atoms with Crippen LogP contribution in [-0.4, -0.2) is 41.0 Å². The van der Waals surface area contributed by atoms with Gasteiger partial charge >= 0.3 is 0 Å². The fraction of sp³-hybridized carbons (Fsp3) is 0.273. The van der Waals surface area contributed by atoms with Gasteiger partial charge in [-0.25, -0.2) is 0 Å². The molecule has 1 N–H and O–H groups in total. The Morgan fingerprint density at radius 1 is 1.14 bits per heavy atom. The highest BCUT2D eigenvalue weighted by Crippen LogP contribution is 2.40. The summed E-state index contributed by atoms with van der Waals surface area (Å²) in [6, 6.07) is 13.2. The molecule has 0 radical (unpaired) electrons. The Morgan fingerprint density at radius 2 is 1.83 bits per heavy atom. The van der Waals surface area contributed by atoms with E-state index in [1.165, 1.54) is 4.90 Å². The van der Waals surface area contributed by atoms with Crippen LogP contribution in [0.1, 0.15) is 30.0 Å². The van der Waals surface area contributed by atoms with E-state index in [2.05, 4.69) is 15.9 Å². The molecule has 29 heavy (non-hydrogen) atoms. The number of aliphatic hydroxyl groups is 1. The Hall–Kier alpha value is -2.15. The second-order valence-electron chi connectivity index (χ2n) is 7.14. The molecule has 2 aliphatic heterocycles. The number of likely N-dealkylation sites (tertiary alicyclic amines) is 1. The summed E-state index contributed by atoms with van der Waals surface area (Å²) < 4.78 is 6.57. The van der Waals surface area contributed by atoms with E-state index in [1.807, 2.05) is 24.3 Å². The first-order valence-corrected chi connectivity index (χ1v) is 10.5. The molecular weight excluding hydrogens is 458 g/mol. The smallest absolute Gasteiger partial charge is 0.295 e. The Balaban J connectivity index is 1.81. The Morgan fingerprint density at radius 3 is 2.45 bits per heavy atom. The van der Waals surface area contributed by atoms with Crippen molar-refractivity contribution in [3.05, 3.63) is 74.7 Å². The minimum absolute atomic E-state index is 0.0811. The highest BCUT2D eigenvalue weighted by Gasteiger charge is 2.47. The molecule has 2 aliphatic rings. The van der Waals surface area contributed by atoms with Gasteiger partial charge in [0.25, 0.3) is 11.7 Å². The second kappa shape index (κ2) is 8.30. The molecule has 2 heterocycles. The lowest BCUT2D eigenvalue weighted by Crippen LogP contribution is -2.36. The SMILES string of the molecule is O=C1C(=O)N(C[C@@H]2CCCO2)[C@H](c2ccc(Br)cc2)C1=C(O)c1ccc(Cl)cc1. The van der Waals surface area contributed by atoms with Gasteiger partial charge in [0.05, 0.1) is 17.7 Å². The molecule has 2 aromatic carbocycles. The molecule has 2 fully saturated rings. The summed E-state index contributed by atoms with van der Waals surface area (Å²) in [5, 5.41) is 11.5. The summed E-state index contributed by atoms with van der Waals surface area (Å²) in [6.45, 7) is 0.963. The van der Waals surface area contributed by atoms with Crippen LogP contribution in [0, 0.1) is 0 Å². The van der Waals surface area contributed by atoms with Crippen molar-refractivity contribution in [1.29, 1.82) is 0 Å². The molecule has 0 aliphatic carbocycles. The Labute approximate surface area is 182 Å². The number of nitrogens with zero attached hydrogens (tertiary/aromatic N) is 1. The van der Waals surface area contributed by atoms with Gasteiger partial charge in [0.1, 0.15) is 5.76 Å². The van der Waals surface area contributed by atoms with Gasteiger partial charge in [-0.1, -0.05) is 39.7 Å². The summed E-state index contributed by atoms with van der Waals surface area (Å²) in [7, 11) is 0. The van der Waals surface area contributed by atoms with E-state index in [4.69, 9.17) is 16.3 Å². The molecule has 5 nitrogen and oxygen atoms in total. The van der Waals surface area contributed by atoms with Gasteiger partial charge in [0.2, 0.25) is 0 Å². The van der Waals surface area contributed by atoms with Crippen molar-refractivity contribution in [2.24, 2.45) is 0 Å². The number of benzene rings is 2. The Bertz CT molecular complexity index is 965. The molecule has 2 atom stereocenters. The normalized spacial score (nSPS) is 23.7. The number of carbonyl (C=O) groups is 2. The van der Waals surface area contributed by atoms with Crippen LogP contribution in [0.3, 0.4) is 0 Å². The minimum atomic E-state index is -0.691. The van der Waals surface area contributed by atoms with Crippen LogP contribution in [0.5, 0.6) is 0 Å². The summed E-state index contributed by atoms with van der Waals surface area (Å²) in [4.78, 5) is 27.3. The number of hydrogen-bond donors (Lipinski definition) is 1. The van der Waals surface area contributed by atoms with Crippen LogP contribution >= 0.6 is 27.5 Å². The second-order valence-corrected chi connectivity index (χ2v) is 8.50. The number of rotatable bonds is 4. The monoisotopic (exact) mass is 475 g/mol. The fourth-order valence-corrected chi connectivity index (χ4v) is 4.22. The lowest BCUT2D eigenvalue weighted by atomic mass is 9.95. The van der Waals surface area contributed by atoms with E-state index >= 15 is 0 Å². The van der Waals surface area contributed by atoms with Gasteiger partial charge < -0.3 is 14.7 Å². The van der Waals surface area contributed by atoms with E-state index < -0.39 is 17.7 Å². The molecule has 2 aromatic rings. The molecule has 2 saturated heterocycles. The van der Waals surface area contributed by atoms with Gasteiger partial charge in [-0.05, 0) is 54.8 Å². The predicted molar refractivity (Wildman–Crippen MR) is 114 cm³/mol. The predicted octanol–water partition coefficient (Wildman–Crippen LogP) is 4.70. The zero-order valence-electron chi connectivity index (χ0n) is 15.5. The zero-order chi connectivity index (χ0) is 20.5. The van der Waals surface area contributed by atoms with E-state index in [1.54, 1.807) is 24.3 Å². The van der Waals surface area contributed by atoms with Gasteiger partial charge in [-0.15, -0.1) is 0 Å². The molecule has 0 spiro atoms. The molecule has 0 saturated carbocycles. The van der Waals surface area contributed by atoms with Gasteiger partial charge in [-0.3, -0.25) is 9.59 Å². The third-order valence-electron chi connectivity index (χ3n) is 5.27. The van der Waals surface area contributed by atoms with Crippen molar-refractivity contribution in [2.45, 2.75) is 25.0 Å². The molecule has 0 unspecified atom stereocenters. The maximum absolute atomic E-state index is 12.9. The van der Waals surface area contributed by atoms with Crippen LogP contribution in [0.2, 0.25) is 5.02 Å². The molecule has 0 bridgehead atoms. The van der Waals surface area contributed by atoms with E-state index in [9.17, 15) is 14.7 Å². The summed E-state index contributed by atoms with van der Waals surface area (Å²) in [6.07, 6.45) is 1.66. The van der Waals surface area contributed by atoms with Crippen LogP contribution in [0.25, 0.3) is 5.76 Å². The molecular formula is C22H19BrClNO4. The van der Waals surface area contributed by atoms with Gasteiger partial charge in [0, 0.05) is 28.2 Å². The number of aliphatic hydroxyl groups excluding tert-OH is 1. The average molecular weight is 477 g/mol. The number of hydrogen-bond acceptors (Lipinski definition) is 4. The first-order chi connectivity index (χ1) is 14.0. The fourth-order valence-electron chi connectivity index (χ4n) is 3.83. The van der Waals surface area contributed by atoms with Crippen molar-refractivity contribution < 1.29 is 19.4 Å². The lowest BCUT2D eigenvalue weighted by Gasteiger charge is -2.27. The highest BCUT2D eigenvalue weighted by molar-refractivity contribution is 9.10. The van der Waals surface area contributed by atoms with Gasteiger partial charge in [0.15, 0.2) is 0 Å². The van der Waals surface area contributed by atoms with Crippen LogP contribution in [-0.2, 0) is 14.3 Å². The summed E-state index contributed by atoms with van der Waals surface area (Å²) in [5.41, 5.74) is 1.27. The lowest BCUT2D eigenvalue weighted by molar-refractivity contribution is -0.140. The first-order valence-electron chi connectivity index (χ1n) is 9.37. The standard InChI is InChI=1S/C22H19BrClNO4/c23-15-7-3-13(4-8-15)19-18(20(26)14-5-9-16(24)10-6-14)21(27)22(28)25(19)12-17-2-1-11-29-17/h3-10,17,19,26H,1-2,11-12H2/t17-,19+/m0/s1. The maximum atomic E-state index is 12.9. The number of carbonyl (C=O) groups excluding carboxylic acids is 2. The van der Waals surface area contributed by atoms with E-state index in [-0.39, 0.29) is 17.4 Å². The van der Waals surface area contributed by atoms with Crippen LogP contribution in [0.4, 0.5) is 0 Å². The summed E-state index contributed by atoms with van der Waals surface area (Å²) >= 11 is 9.35. The van der Waals surface area contributed by atoms with Crippen molar-refractivity contribution in [2.75, 3.05) is 13.2 Å². The largest absolute Gasteiger partial charge is 0.507 e. The quantitative estimate of drug-likeness (QED) is 0.394. The van der Waals surface area contributed by atoms with Crippen molar-refractivity contribution in [3.8, 4) is 0 Å². The van der Waals surface area contributed by atoms with Crippen molar-refractivity contribution in [3.63, 3.8) is 0 Å². The van der Waals surface area contributed by atoms with Crippen LogP contribution < -0.4 is 0 Å². The maximum Gasteiger partial charge on any atom is 0.295 e. The van der Waals surface area contributed by atoms with Crippen molar-refractivity contribution in [1.82, 2.24) is 4.90 Å².